The summed E-state index contributed by atoms with van der Waals surface area (Å²) in [5.41, 5.74) is 1.10. The van der Waals surface area contributed by atoms with Gasteiger partial charge in [0.2, 0.25) is 5.95 Å². The first-order chi connectivity index (χ1) is 12.3. The molecule has 2 aliphatic heterocycles. The molecule has 0 atom stereocenters. The van der Waals surface area contributed by atoms with Crippen LogP contribution >= 0.6 is 0 Å². The third-order valence-electron chi connectivity index (χ3n) is 4.92. The largest absolute Gasteiger partial charge is 0.356 e. The van der Waals surface area contributed by atoms with Gasteiger partial charge in [0.15, 0.2) is 5.79 Å². The molecule has 0 saturated carbocycles. The van der Waals surface area contributed by atoms with E-state index in [0.29, 0.717) is 13.2 Å². The van der Waals surface area contributed by atoms with Crippen molar-refractivity contribution in [3.05, 3.63) is 42.6 Å². The van der Waals surface area contributed by atoms with E-state index in [9.17, 15) is 0 Å². The first-order valence-electron chi connectivity index (χ1n) is 8.98. The van der Waals surface area contributed by atoms with E-state index in [1.165, 1.54) is 0 Å². The molecule has 25 heavy (non-hydrogen) atoms. The number of anilines is 3. The molecule has 0 amide bonds. The molecule has 0 N–H and O–H groups in total. The van der Waals surface area contributed by atoms with Crippen molar-refractivity contribution in [2.45, 2.75) is 25.6 Å². The van der Waals surface area contributed by atoms with Crippen molar-refractivity contribution in [1.29, 1.82) is 0 Å². The summed E-state index contributed by atoms with van der Waals surface area (Å²) >= 11 is 0. The molecule has 1 aromatic heterocycles. The van der Waals surface area contributed by atoms with Crippen LogP contribution in [0.1, 0.15) is 19.8 Å². The molecule has 0 aliphatic carbocycles. The van der Waals surface area contributed by atoms with E-state index in [4.69, 9.17) is 14.5 Å². The van der Waals surface area contributed by atoms with Crippen molar-refractivity contribution >= 4 is 17.5 Å². The molecule has 0 unspecified atom stereocenters. The van der Waals surface area contributed by atoms with Crippen LogP contribution in [-0.4, -0.2) is 48.6 Å². The summed E-state index contributed by atoms with van der Waals surface area (Å²) < 4.78 is 11.6. The molecular weight excluding hydrogens is 316 g/mol. The van der Waals surface area contributed by atoms with Crippen LogP contribution in [0.25, 0.3) is 0 Å². The van der Waals surface area contributed by atoms with E-state index < -0.39 is 0 Å². The van der Waals surface area contributed by atoms with Crippen LogP contribution < -0.4 is 9.80 Å². The first-order valence-corrected chi connectivity index (χ1v) is 8.98. The monoisotopic (exact) mass is 340 g/mol. The fourth-order valence-corrected chi connectivity index (χ4v) is 3.55. The molecule has 2 saturated heterocycles. The maximum absolute atomic E-state index is 5.81. The Kier molecular flexibility index (Phi) is 4.55. The van der Waals surface area contributed by atoms with Crippen LogP contribution in [0.2, 0.25) is 0 Å². The van der Waals surface area contributed by atoms with Gasteiger partial charge in [-0.1, -0.05) is 18.2 Å². The van der Waals surface area contributed by atoms with Gasteiger partial charge in [-0.15, -0.1) is 0 Å². The molecule has 0 bridgehead atoms. The van der Waals surface area contributed by atoms with E-state index >= 15 is 0 Å². The summed E-state index contributed by atoms with van der Waals surface area (Å²) in [5, 5.41) is 0. The second-order valence-corrected chi connectivity index (χ2v) is 6.39. The third kappa shape index (κ3) is 3.32. The molecule has 6 heteroatoms. The van der Waals surface area contributed by atoms with Crippen LogP contribution in [0.4, 0.5) is 17.5 Å². The quantitative estimate of drug-likeness (QED) is 0.853. The van der Waals surface area contributed by atoms with Gasteiger partial charge in [0, 0.05) is 44.4 Å². The maximum atomic E-state index is 5.81. The highest BCUT2D eigenvalue weighted by Gasteiger charge is 2.40. The lowest BCUT2D eigenvalue weighted by atomic mass is 10.0. The lowest BCUT2D eigenvalue weighted by Crippen LogP contribution is -2.45. The number of piperidine rings is 1. The molecule has 2 aliphatic rings. The fraction of sp³-hybridized carbons (Fsp3) is 0.474. The number of para-hydroxylation sites is 1. The molecular formula is C19H24N4O2. The highest BCUT2D eigenvalue weighted by molar-refractivity contribution is 5.58. The standard InChI is InChI=1S/C19H24N4O2/c1-2-23(16-6-4-3-5-7-16)18-20-11-8-17(21-18)22-12-9-19(10-13-22)24-14-15-25-19/h3-8,11H,2,9-10,12-15H2,1H3. The minimum Gasteiger partial charge on any atom is -0.356 e. The highest BCUT2D eigenvalue weighted by atomic mass is 16.7. The van der Waals surface area contributed by atoms with Gasteiger partial charge in [0.25, 0.3) is 0 Å². The Hall–Kier alpha value is -2.18. The van der Waals surface area contributed by atoms with Crippen molar-refractivity contribution in [2.24, 2.45) is 0 Å². The van der Waals surface area contributed by atoms with Gasteiger partial charge in [-0.05, 0) is 25.1 Å². The second-order valence-electron chi connectivity index (χ2n) is 6.39. The van der Waals surface area contributed by atoms with Crippen molar-refractivity contribution in [3.8, 4) is 0 Å². The lowest BCUT2D eigenvalue weighted by molar-refractivity contribution is -0.169. The summed E-state index contributed by atoms with van der Waals surface area (Å²) in [5.74, 6) is 1.35. The lowest BCUT2D eigenvalue weighted by Gasteiger charge is -2.38. The van der Waals surface area contributed by atoms with Crippen molar-refractivity contribution in [1.82, 2.24) is 9.97 Å². The highest BCUT2D eigenvalue weighted by Crippen LogP contribution is 2.33. The smallest absolute Gasteiger partial charge is 0.231 e. The Morgan fingerprint density at radius 3 is 2.48 bits per heavy atom. The summed E-state index contributed by atoms with van der Waals surface area (Å²) in [6.45, 7) is 6.11. The topological polar surface area (TPSA) is 50.7 Å². The van der Waals surface area contributed by atoms with E-state index in [1.54, 1.807) is 0 Å². The molecule has 132 valence electrons. The van der Waals surface area contributed by atoms with E-state index in [-0.39, 0.29) is 5.79 Å². The third-order valence-corrected chi connectivity index (χ3v) is 4.92. The van der Waals surface area contributed by atoms with Crippen LogP contribution in [-0.2, 0) is 9.47 Å². The van der Waals surface area contributed by atoms with Crippen molar-refractivity contribution in [3.63, 3.8) is 0 Å². The summed E-state index contributed by atoms with van der Waals surface area (Å²) in [7, 11) is 0. The number of hydrogen-bond acceptors (Lipinski definition) is 6. The minimum absolute atomic E-state index is 0.355. The molecule has 2 fully saturated rings. The second kappa shape index (κ2) is 6.98. The predicted octanol–water partition coefficient (Wildman–Crippen LogP) is 2.98. The summed E-state index contributed by atoms with van der Waals surface area (Å²) in [6.07, 6.45) is 3.60. The van der Waals surface area contributed by atoms with Crippen LogP contribution in [0.3, 0.4) is 0 Å². The SMILES string of the molecule is CCN(c1ccccc1)c1nccc(N2CCC3(CC2)OCCO3)n1. The van der Waals surface area contributed by atoms with Gasteiger partial charge < -0.3 is 19.3 Å². The zero-order valence-corrected chi connectivity index (χ0v) is 14.6. The molecule has 3 heterocycles. The van der Waals surface area contributed by atoms with Crippen molar-refractivity contribution < 1.29 is 9.47 Å². The van der Waals surface area contributed by atoms with Gasteiger partial charge in [-0.3, -0.25) is 0 Å². The van der Waals surface area contributed by atoms with E-state index in [0.717, 1.165) is 49.9 Å². The Balaban J connectivity index is 1.51. The van der Waals surface area contributed by atoms with E-state index in [1.807, 2.05) is 30.5 Å². The number of hydrogen-bond donors (Lipinski definition) is 0. The zero-order chi connectivity index (χ0) is 17.1. The fourth-order valence-electron chi connectivity index (χ4n) is 3.55. The number of ether oxygens (including phenoxy) is 2. The Bertz CT molecular complexity index is 694. The number of aromatic nitrogens is 2. The molecule has 1 spiro atoms. The average molecular weight is 340 g/mol. The summed E-state index contributed by atoms with van der Waals surface area (Å²) in [6, 6.07) is 12.2. The van der Waals surface area contributed by atoms with Crippen LogP contribution in [0.5, 0.6) is 0 Å². The Morgan fingerprint density at radius 1 is 1.08 bits per heavy atom. The molecule has 1 aromatic carbocycles. The van der Waals surface area contributed by atoms with Crippen LogP contribution in [0, 0.1) is 0 Å². The van der Waals surface area contributed by atoms with Gasteiger partial charge in [0.05, 0.1) is 13.2 Å². The van der Waals surface area contributed by atoms with Gasteiger partial charge >= 0.3 is 0 Å². The predicted molar refractivity (Wildman–Crippen MR) is 97.2 cm³/mol. The summed E-state index contributed by atoms with van der Waals surface area (Å²) in [4.78, 5) is 13.7. The van der Waals surface area contributed by atoms with Crippen LogP contribution in [0.15, 0.2) is 42.6 Å². The van der Waals surface area contributed by atoms with Gasteiger partial charge in [-0.25, -0.2) is 4.98 Å². The Labute approximate surface area is 148 Å². The molecule has 4 rings (SSSR count). The van der Waals surface area contributed by atoms with E-state index in [2.05, 4.69) is 33.8 Å². The number of rotatable bonds is 4. The molecule has 6 nitrogen and oxygen atoms in total. The van der Waals surface area contributed by atoms with Gasteiger partial charge in [-0.2, -0.15) is 4.98 Å². The average Bonchev–Trinajstić information content (AvgIpc) is 3.12. The van der Waals surface area contributed by atoms with Gasteiger partial charge in [0.1, 0.15) is 5.82 Å². The first kappa shape index (κ1) is 16.3. The molecule has 0 radical (unpaired) electrons. The number of nitrogens with zero attached hydrogens (tertiary/aromatic N) is 4. The zero-order valence-electron chi connectivity index (χ0n) is 14.6. The maximum Gasteiger partial charge on any atom is 0.231 e. The normalized spacial score (nSPS) is 19.3. The number of benzene rings is 1. The Morgan fingerprint density at radius 2 is 1.80 bits per heavy atom. The van der Waals surface area contributed by atoms with Crippen molar-refractivity contribution in [2.75, 3.05) is 42.6 Å². The molecule has 2 aromatic rings. The minimum atomic E-state index is -0.355.